The van der Waals surface area contributed by atoms with E-state index in [-0.39, 0.29) is 41.4 Å². The lowest BCUT2D eigenvalue weighted by Crippen LogP contribution is -3.00. The van der Waals surface area contributed by atoms with E-state index in [1.54, 1.807) is 19.2 Å². The summed E-state index contributed by atoms with van der Waals surface area (Å²) in [6.45, 7) is 1.93. The highest BCUT2D eigenvalue weighted by atomic mass is 79.9. The number of hydrogen-bond donors (Lipinski definition) is 2. The predicted octanol–water partition coefficient (Wildman–Crippen LogP) is -2.65. The molecule has 1 aromatic heterocycles. The Morgan fingerprint density at radius 3 is 2.50 bits per heavy atom. The van der Waals surface area contributed by atoms with E-state index in [0.717, 1.165) is 5.56 Å². The Labute approximate surface area is 174 Å². The zero-order valence-electron chi connectivity index (χ0n) is 15.3. The third-order valence-electron chi connectivity index (χ3n) is 3.56. The summed E-state index contributed by atoms with van der Waals surface area (Å²) in [5.74, 6) is -1.22. The number of carbonyl (C=O) groups excluding carboxylic acids is 2. The Balaban J connectivity index is 0.00000392. The fourth-order valence-corrected chi connectivity index (χ4v) is 3.11. The summed E-state index contributed by atoms with van der Waals surface area (Å²) in [5, 5.41) is 0. The van der Waals surface area contributed by atoms with E-state index in [2.05, 4.69) is 10.3 Å². The first-order valence-corrected chi connectivity index (χ1v) is 10.0. The van der Waals surface area contributed by atoms with E-state index in [9.17, 15) is 18.0 Å². The molecule has 0 saturated carbocycles. The van der Waals surface area contributed by atoms with Crippen molar-refractivity contribution >= 4 is 21.9 Å². The third kappa shape index (κ3) is 8.15. The number of hydrogen-bond acceptors (Lipinski definition) is 5. The highest BCUT2D eigenvalue weighted by Crippen LogP contribution is 2.01. The smallest absolute Gasteiger partial charge is 0.372 e. The molecule has 1 amide bonds. The molecule has 0 fully saturated rings. The molecule has 0 saturated heterocycles. The van der Waals surface area contributed by atoms with Gasteiger partial charge in [0, 0.05) is 6.07 Å². The number of carbonyl (C=O) groups is 2. The largest absolute Gasteiger partial charge is 1.00 e. The number of nitrogens with zero attached hydrogens (tertiary/aromatic N) is 1. The first-order valence-electron chi connectivity index (χ1n) is 8.38. The Morgan fingerprint density at radius 1 is 1.11 bits per heavy atom. The summed E-state index contributed by atoms with van der Waals surface area (Å²) < 4.78 is 30.4. The second-order valence-electron chi connectivity index (χ2n) is 5.68. The van der Waals surface area contributed by atoms with Gasteiger partial charge in [0.05, 0.1) is 12.4 Å². The monoisotopic (exact) mass is 471 g/mol. The van der Waals surface area contributed by atoms with Crippen LogP contribution in [-0.2, 0) is 32.5 Å². The lowest BCUT2D eigenvalue weighted by atomic mass is 10.2. The van der Waals surface area contributed by atoms with Gasteiger partial charge in [0.15, 0.2) is 12.4 Å². The molecule has 8 nitrogen and oxygen atoms in total. The summed E-state index contributed by atoms with van der Waals surface area (Å²) in [6, 6.07) is 12.3. The molecular formula is C18H22BrN3O5S. The van der Waals surface area contributed by atoms with E-state index < -0.39 is 21.9 Å². The molecule has 0 atom stereocenters. The van der Waals surface area contributed by atoms with Gasteiger partial charge in [-0.1, -0.05) is 30.3 Å². The maximum absolute atomic E-state index is 12.2. The number of nitrogens with one attached hydrogen (secondary N) is 2. The maximum Gasteiger partial charge on any atom is 0.372 e. The van der Waals surface area contributed by atoms with Gasteiger partial charge in [-0.15, -0.1) is 4.83 Å². The number of ether oxygens (including phenoxy) is 1. The summed E-state index contributed by atoms with van der Waals surface area (Å²) in [7, 11) is -3.68. The standard InChI is InChI=1S/C18H21N3O5S.BrH/c1-2-26-17(22)14-21-11-6-9-16(13-21)18(23)19-20-27(24,25)12-10-15-7-4-3-5-8-15;/h3-9,11,13,20H,2,10,12,14H2,1H3;1H. The topological polar surface area (TPSA) is 105 Å². The van der Waals surface area contributed by atoms with Crippen LogP contribution in [0.15, 0.2) is 54.9 Å². The van der Waals surface area contributed by atoms with Crippen LogP contribution in [0.3, 0.4) is 0 Å². The van der Waals surface area contributed by atoms with Crippen LogP contribution >= 0.6 is 0 Å². The van der Waals surface area contributed by atoms with Crippen LogP contribution in [-0.4, -0.2) is 32.7 Å². The third-order valence-corrected chi connectivity index (χ3v) is 4.71. The number of rotatable bonds is 9. The Morgan fingerprint density at radius 2 is 1.82 bits per heavy atom. The summed E-state index contributed by atoms with van der Waals surface area (Å²) >= 11 is 0. The van der Waals surface area contributed by atoms with Gasteiger partial charge < -0.3 is 21.7 Å². The minimum absolute atomic E-state index is 0. The molecule has 0 bridgehead atoms. The molecule has 152 valence electrons. The van der Waals surface area contributed by atoms with Crippen molar-refractivity contribution < 1.29 is 44.3 Å². The molecule has 0 radical (unpaired) electrons. The van der Waals surface area contributed by atoms with E-state index in [0.29, 0.717) is 6.42 Å². The van der Waals surface area contributed by atoms with E-state index >= 15 is 0 Å². The van der Waals surface area contributed by atoms with Crippen LogP contribution in [0.25, 0.3) is 0 Å². The van der Waals surface area contributed by atoms with Gasteiger partial charge in [-0.05, 0) is 25.0 Å². The lowest BCUT2D eigenvalue weighted by molar-refractivity contribution is -0.686. The molecule has 0 aliphatic heterocycles. The second kappa shape index (κ2) is 11.5. The number of esters is 1. The van der Waals surface area contributed by atoms with Crippen LogP contribution in [0.1, 0.15) is 22.8 Å². The van der Waals surface area contributed by atoms with Crippen LogP contribution in [0, 0.1) is 0 Å². The average Bonchev–Trinajstić information content (AvgIpc) is 2.66. The number of amides is 1. The van der Waals surface area contributed by atoms with Crippen molar-refractivity contribution in [1.29, 1.82) is 0 Å². The van der Waals surface area contributed by atoms with Gasteiger partial charge in [-0.2, -0.15) is 4.57 Å². The van der Waals surface area contributed by atoms with Gasteiger partial charge in [-0.25, -0.2) is 13.2 Å². The molecule has 0 spiro atoms. The highest BCUT2D eigenvalue weighted by molar-refractivity contribution is 7.89. The van der Waals surface area contributed by atoms with E-state index in [4.69, 9.17) is 4.74 Å². The van der Waals surface area contributed by atoms with Gasteiger partial charge in [0.1, 0.15) is 5.56 Å². The molecule has 0 aliphatic carbocycles. The first kappa shape index (κ1) is 23.7. The van der Waals surface area contributed by atoms with Gasteiger partial charge in [0.25, 0.3) is 5.91 Å². The van der Waals surface area contributed by atoms with Crippen molar-refractivity contribution in [2.45, 2.75) is 19.9 Å². The van der Waals surface area contributed by atoms with Crippen LogP contribution in [0.5, 0.6) is 0 Å². The first-order chi connectivity index (χ1) is 12.9. The minimum atomic E-state index is -3.68. The van der Waals surface area contributed by atoms with E-state index in [1.807, 2.05) is 30.3 Å². The highest BCUT2D eigenvalue weighted by Gasteiger charge is 2.16. The van der Waals surface area contributed by atoms with E-state index in [1.165, 1.54) is 16.8 Å². The molecule has 28 heavy (non-hydrogen) atoms. The quantitative estimate of drug-likeness (QED) is 0.236. The van der Waals surface area contributed by atoms with Crippen LogP contribution in [0.2, 0.25) is 0 Å². The zero-order valence-corrected chi connectivity index (χ0v) is 17.7. The molecule has 1 heterocycles. The summed E-state index contributed by atoms with van der Waals surface area (Å²) in [4.78, 5) is 25.7. The molecule has 2 aromatic rings. The summed E-state index contributed by atoms with van der Waals surface area (Å²) in [5.41, 5.74) is 3.26. The average molecular weight is 472 g/mol. The van der Waals surface area contributed by atoms with Gasteiger partial charge in [0.2, 0.25) is 16.6 Å². The number of aryl methyl sites for hydroxylation is 1. The number of hydrazine groups is 1. The second-order valence-corrected chi connectivity index (χ2v) is 7.52. The number of halogens is 1. The Kier molecular flexibility index (Phi) is 9.77. The normalized spacial score (nSPS) is 10.6. The Hall–Kier alpha value is -2.30. The van der Waals surface area contributed by atoms with Crippen LogP contribution < -0.4 is 31.8 Å². The van der Waals surface area contributed by atoms with Gasteiger partial charge >= 0.3 is 5.97 Å². The molecule has 1 aromatic carbocycles. The number of sulfonamides is 1. The predicted molar refractivity (Wildman–Crippen MR) is 97.8 cm³/mol. The molecular weight excluding hydrogens is 450 g/mol. The molecule has 0 aliphatic rings. The Bertz CT molecular complexity index is 891. The van der Waals surface area contributed by atoms with Crippen LogP contribution in [0.4, 0.5) is 0 Å². The minimum Gasteiger partial charge on any atom is -1.00 e. The molecule has 2 N–H and O–H groups in total. The fourth-order valence-electron chi connectivity index (χ4n) is 2.25. The number of aromatic nitrogens is 1. The zero-order chi connectivity index (χ0) is 19.7. The van der Waals surface area contributed by atoms with Crippen molar-refractivity contribution in [2.24, 2.45) is 0 Å². The van der Waals surface area contributed by atoms with Crippen molar-refractivity contribution in [3.05, 3.63) is 66.0 Å². The van der Waals surface area contributed by atoms with Crippen molar-refractivity contribution in [2.75, 3.05) is 12.4 Å². The molecule has 10 heteroatoms. The van der Waals surface area contributed by atoms with Crippen molar-refractivity contribution in [3.63, 3.8) is 0 Å². The summed E-state index contributed by atoms with van der Waals surface area (Å²) in [6.07, 6.45) is 3.37. The maximum atomic E-state index is 12.2. The number of benzene rings is 1. The lowest BCUT2D eigenvalue weighted by Gasteiger charge is -2.08. The SMILES string of the molecule is CCOC(=O)C[n+]1cccc(C(=O)NNS(=O)(=O)CCc2ccccc2)c1.[Br-]. The fraction of sp³-hybridized carbons (Fsp3) is 0.278. The van der Waals surface area contributed by atoms with Crippen molar-refractivity contribution in [1.82, 2.24) is 10.3 Å². The molecule has 2 rings (SSSR count). The molecule has 0 unspecified atom stereocenters. The number of pyridine rings is 1. The van der Waals surface area contributed by atoms with Gasteiger partial charge in [-0.3, -0.25) is 10.2 Å². The van der Waals surface area contributed by atoms with Crippen molar-refractivity contribution in [3.8, 4) is 0 Å².